The Morgan fingerprint density at radius 2 is 2.05 bits per heavy atom. The third-order valence-corrected chi connectivity index (χ3v) is 5.12. The molecule has 1 N–H and O–H groups in total. The van der Waals surface area contributed by atoms with Crippen LogP contribution in [-0.2, 0) is 14.6 Å². The molecule has 1 aromatic rings. The molecule has 0 radical (unpaired) electrons. The molecule has 104 valence electrons. The first-order valence-corrected chi connectivity index (χ1v) is 7.82. The third kappa shape index (κ3) is 2.96. The quantitative estimate of drug-likeness (QED) is 0.881. The molecule has 0 spiro atoms. The van der Waals surface area contributed by atoms with Crippen LogP contribution in [0.4, 0.5) is 0 Å². The second-order valence-corrected chi connectivity index (χ2v) is 6.94. The van der Waals surface area contributed by atoms with E-state index >= 15 is 0 Å². The van der Waals surface area contributed by atoms with Crippen molar-refractivity contribution in [1.29, 1.82) is 0 Å². The minimum atomic E-state index is -3.17. The molecule has 6 heteroatoms. The van der Waals surface area contributed by atoms with E-state index in [1.54, 1.807) is 26.2 Å². The van der Waals surface area contributed by atoms with Gasteiger partial charge in [0, 0.05) is 20.1 Å². The molecular formula is C13H18N2O3S. The van der Waals surface area contributed by atoms with Gasteiger partial charge in [0.15, 0.2) is 9.84 Å². The SMILES string of the molecule is CN(C)C(=O)CNC1CCS(=O)(=O)c2ccccc21. The summed E-state index contributed by atoms with van der Waals surface area (Å²) in [5.41, 5.74) is 0.764. The zero-order valence-corrected chi connectivity index (χ0v) is 11.9. The predicted molar refractivity (Wildman–Crippen MR) is 72.5 cm³/mol. The summed E-state index contributed by atoms with van der Waals surface area (Å²) in [7, 11) is 0.230. The van der Waals surface area contributed by atoms with Gasteiger partial charge in [0.25, 0.3) is 0 Å². The van der Waals surface area contributed by atoms with Crippen molar-refractivity contribution in [2.45, 2.75) is 17.4 Å². The lowest BCUT2D eigenvalue weighted by Gasteiger charge is -2.26. The van der Waals surface area contributed by atoms with E-state index in [2.05, 4.69) is 5.32 Å². The highest BCUT2D eigenvalue weighted by atomic mass is 32.2. The topological polar surface area (TPSA) is 66.5 Å². The van der Waals surface area contributed by atoms with Crippen LogP contribution in [0.25, 0.3) is 0 Å². The fourth-order valence-electron chi connectivity index (χ4n) is 2.17. The lowest BCUT2D eigenvalue weighted by molar-refractivity contribution is -0.127. The average Bonchev–Trinajstić information content (AvgIpc) is 2.37. The van der Waals surface area contributed by atoms with E-state index in [-0.39, 0.29) is 24.2 Å². The standard InChI is InChI=1S/C13H18N2O3S/c1-15(2)13(16)9-14-11-7-8-19(17,18)12-6-4-3-5-10(11)12/h3-6,11,14H,7-9H2,1-2H3. The van der Waals surface area contributed by atoms with Gasteiger partial charge in [-0.15, -0.1) is 0 Å². The first-order valence-electron chi connectivity index (χ1n) is 6.17. The number of nitrogens with zero attached hydrogens (tertiary/aromatic N) is 1. The Kier molecular flexibility index (Phi) is 3.91. The highest BCUT2D eigenvalue weighted by Crippen LogP contribution is 2.31. The number of carbonyl (C=O) groups is 1. The summed E-state index contributed by atoms with van der Waals surface area (Å²) in [5.74, 6) is 0.101. The summed E-state index contributed by atoms with van der Waals surface area (Å²) in [6.45, 7) is 0.214. The first kappa shape index (κ1) is 14.0. The van der Waals surface area contributed by atoms with Gasteiger partial charge in [-0.05, 0) is 18.1 Å². The summed E-state index contributed by atoms with van der Waals surface area (Å²) in [4.78, 5) is 13.5. The van der Waals surface area contributed by atoms with Crippen molar-refractivity contribution in [3.63, 3.8) is 0 Å². The van der Waals surface area contributed by atoms with Crippen molar-refractivity contribution in [3.8, 4) is 0 Å². The monoisotopic (exact) mass is 282 g/mol. The molecule has 1 heterocycles. The number of hydrogen-bond donors (Lipinski definition) is 1. The fourth-order valence-corrected chi connectivity index (χ4v) is 3.79. The van der Waals surface area contributed by atoms with Gasteiger partial charge < -0.3 is 10.2 Å². The Balaban J connectivity index is 2.19. The molecule has 2 rings (SSSR count). The molecule has 0 aromatic heterocycles. The summed E-state index contributed by atoms with van der Waals surface area (Å²) < 4.78 is 23.9. The van der Waals surface area contributed by atoms with Crippen LogP contribution in [0, 0.1) is 0 Å². The van der Waals surface area contributed by atoms with E-state index in [0.717, 1.165) is 5.56 Å². The number of rotatable bonds is 3. The van der Waals surface area contributed by atoms with Gasteiger partial charge in [-0.3, -0.25) is 4.79 Å². The zero-order valence-electron chi connectivity index (χ0n) is 11.1. The molecule has 1 aliphatic heterocycles. The van der Waals surface area contributed by atoms with Crippen molar-refractivity contribution in [1.82, 2.24) is 10.2 Å². The minimum Gasteiger partial charge on any atom is -0.348 e. The van der Waals surface area contributed by atoms with E-state index in [4.69, 9.17) is 0 Å². The molecule has 1 amide bonds. The van der Waals surface area contributed by atoms with Crippen LogP contribution >= 0.6 is 0 Å². The molecule has 5 nitrogen and oxygen atoms in total. The highest BCUT2D eigenvalue weighted by Gasteiger charge is 2.29. The van der Waals surface area contributed by atoms with Crippen LogP contribution in [-0.4, -0.2) is 45.6 Å². The molecule has 1 aliphatic rings. The van der Waals surface area contributed by atoms with E-state index < -0.39 is 9.84 Å². The average molecular weight is 282 g/mol. The second-order valence-electron chi connectivity index (χ2n) is 4.87. The molecular weight excluding hydrogens is 264 g/mol. The number of carbonyl (C=O) groups excluding carboxylic acids is 1. The number of nitrogens with one attached hydrogen (secondary N) is 1. The maximum Gasteiger partial charge on any atom is 0.236 e. The van der Waals surface area contributed by atoms with E-state index in [9.17, 15) is 13.2 Å². The number of fused-ring (bicyclic) bond motifs is 1. The van der Waals surface area contributed by atoms with Gasteiger partial charge in [-0.1, -0.05) is 18.2 Å². The van der Waals surface area contributed by atoms with Gasteiger partial charge in [0.2, 0.25) is 5.91 Å². The van der Waals surface area contributed by atoms with Crippen molar-refractivity contribution < 1.29 is 13.2 Å². The van der Waals surface area contributed by atoms with Gasteiger partial charge in [-0.25, -0.2) is 8.42 Å². The van der Waals surface area contributed by atoms with Crippen molar-refractivity contribution >= 4 is 15.7 Å². The molecule has 0 bridgehead atoms. The predicted octanol–water partition coefficient (Wildman–Crippen LogP) is 0.583. The number of amides is 1. The van der Waals surface area contributed by atoms with Crippen LogP contribution in [0.15, 0.2) is 29.2 Å². The Morgan fingerprint density at radius 1 is 1.37 bits per heavy atom. The first-order chi connectivity index (χ1) is 8.92. The Morgan fingerprint density at radius 3 is 2.74 bits per heavy atom. The van der Waals surface area contributed by atoms with Gasteiger partial charge in [0.05, 0.1) is 17.2 Å². The van der Waals surface area contributed by atoms with Crippen molar-refractivity contribution in [2.24, 2.45) is 0 Å². The van der Waals surface area contributed by atoms with Crippen LogP contribution in [0.2, 0.25) is 0 Å². The summed E-state index contributed by atoms with van der Waals surface area (Å²) in [6.07, 6.45) is 0.500. The van der Waals surface area contributed by atoms with Crippen molar-refractivity contribution in [2.75, 3.05) is 26.4 Å². The fraction of sp³-hybridized carbons (Fsp3) is 0.462. The lowest BCUT2D eigenvalue weighted by Crippen LogP contribution is -2.37. The zero-order chi connectivity index (χ0) is 14.0. The highest BCUT2D eigenvalue weighted by molar-refractivity contribution is 7.91. The number of likely N-dealkylation sites (N-methyl/N-ethyl adjacent to an activating group) is 1. The van der Waals surface area contributed by atoms with Crippen LogP contribution in [0.3, 0.4) is 0 Å². The summed E-state index contributed by atoms with van der Waals surface area (Å²) in [5, 5.41) is 3.14. The van der Waals surface area contributed by atoms with Gasteiger partial charge in [-0.2, -0.15) is 0 Å². The smallest absolute Gasteiger partial charge is 0.236 e. The van der Waals surface area contributed by atoms with Crippen molar-refractivity contribution in [3.05, 3.63) is 29.8 Å². The molecule has 1 atom stereocenters. The van der Waals surface area contributed by atoms with E-state index in [1.807, 2.05) is 12.1 Å². The maximum atomic E-state index is 12.0. The molecule has 1 aromatic carbocycles. The third-order valence-electron chi connectivity index (χ3n) is 3.30. The van der Waals surface area contributed by atoms with E-state index in [0.29, 0.717) is 11.3 Å². The van der Waals surface area contributed by atoms with Crippen LogP contribution in [0.5, 0.6) is 0 Å². The lowest BCUT2D eigenvalue weighted by atomic mass is 10.0. The minimum absolute atomic E-state index is 0.0223. The van der Waals surface area contributed by atoms with Gasteiger partial charge >= 0.3 is 0 Å². The molecule has 0 aliphatic carbocycles. The molecule has 0 saturated heterocycles. The van der Waals surface area contributed by atoms with Gasteiger partial charge in [0.1, 0.15) is 0 Å². The van der Waals surface area contributed by atoms with Crippen LogP contribution < -0.4 is 5.32 Å². The summed E-state index contributed by atoms with van der Waals surface area (Å²) >= 11 is 0. The molecule has 19 heavy (non-hydrogen) atoms. The number of sulfone groups is 1. The Hall–Kier alpha value is -1.40. The van der Waals surface area contributed by atoms with E-state index in [1.165, 1.54) is 4.90 Å². The number of hydrogen-bond acceptors (Lipinski definition) is 4. The molecule has 1 unspecified atom stereocenters. The normalized spacial score (nSPS) is 20.6. The van der Waals surface area contributed by atoms with Crippen LogP contribution in [0.1, 0.15) is 18.0 Å². The largest absolute Gasteiger partial charge is 0.348 e. The molecule has 0 saturated carbocycles. The number of benzene rings is 1. The molecule has 0 fully saturated rings. The Bertz CT molecular complexity index is 581. The Labute approximate surface area is 113 Å². The maximum absolute atomic E-state index is 12.0. The summed E-state index contributed by atoms with van der Waals surface area (Å²) in [6, 6.07) is 6.91. The second kappa shape index (κ2) is 5.30.